The van der Waals surface area contributed by atoms with Gasteiger partial charge in [-0.2, -0.15) is 13.2 Å². The van der Waals surface area contributed by atoms with Gasteiger partial charge < -0.3 is 10.3 Å². The van der Waals surface area contributed by atoms with Crippen molar-refractivity contribution in [3.63, 3.8) is 0 Å². The van der Waals surface area contributed by atoms with E-state index in [-0.39, 0.29) is 11.6 Å². The Hall–Kier alpha value is -3.61. The molecule has 0 atom stereocenters. The summed E-state index contributed by atoms with van der Waals surface area (Å²) < 4.78 is 38.6. The first-order valence-corrected chi connectivity index (χ1v) is 8.42. The van der Waals surface area contributed by atoms with Crippen LogP contribution in [-0.4, -0.2) is 15.9 Å². The van der Waals surface area contributed by atoms with Crippen molar-refractivity contribution >= 4 is 22.5 Å². The molecule has 4 aromatic rings. The Morgan fingerprint density at radius 3 is 2.50 bits per heavy atom. The monoisotopic (exact) mass is 381 g/mol. The molecule has 0 aliphatic rings. The van der Waals surface area contributed by atoms with Crippen LogP contribution in [0.4, 0.5) is 18.9 Å². The minimum atomic E-state index is -4.43. The van der Waals surface area contributed by atoms with Gasteiger partial charge in [0.1, 0.15) is 0 Å². The fourth-order valence-corrected chi connectivity index (χ4v) is 2.89. The number of alkyl halides is 3. The maximum atomic E-state index is 12.9. The first-order chi connectivity index (χ1) is 13.4. The quantitative estimate of drug-likeness (QED) is 0.492. The molecule has 0 aliphatic carbocycles. The van der Waals surface area contributed by atoms with Crippen LogP contribution in [0.3, 0.4) is 0 Å². The average Bonchev–Trinajstić information content (AvgIpc) is 3.15. The molecule has 0 unspecified atom stereocenters. The highest BCUT2D eigenvalue weighted by atomic mass is 19.4. The number of nitrogens with zero attached hydrogens (tertiary/aromatic N) is 1. The number of carbonyl (C=O) groups is 1. The standard InChI is InChI=1S/C21H14F3N3O/c22-21(23,24)16-8-10-26-19(12-16)13-1-3-14(4-2-13)20(28)27-17-5-6-18-15(11-17)7-9-25-18/h1-12,25H,(H,27,28). The van der Waals surface area contributed by atoms with Gasteiger partial charge in [0.25, 0.3) is 5.91 Å². The number of H-pyrrole nitrogens is 1. The summed E-state index contributed by atoms with van der Waals surface area (Å²) >= 11 is 0. The van der Waals surface area contributed by atoms with E-state index in [0.29, 0.717) is 16.8 Å². The number of hydrogen-bond acceptors (Lipinski definition) is 2. The zero-order valence-electron chi connectivity index (χ0n) is 14.4. The summed E-state index contributed by atoms with van der Waals surface area (Å²) in [7, 11) is 0. The highest BCUT2D eigenvalue weighted by molar-refractivity contribution is 6.05. The number of hydrogen-bond donors (Lipinski definition) is 2. The number of rotatable bonds is 3. The number of anilines is 1. The highest BCUT2D eigenvalue weighted by Crippen LogP contribution is 2.31. The Balaban J connectivity index is 1.53. The van der Waals surface area contributed by atoms with Crippen molar-refractivity contribution in [1.82, 2.24) is 9.97 Å². The van der Waals surface area contributed by atoms with Crippen LogP contribution in [0.15, 0.2) is 73.1 Å². The summed E-state index contributed by atoms with van der Waals surface area (Å²) in [5, 5.41) is 3.79. The third kappa shape index (κ3) is 3.59. The zero-order valence-corrected chi connectivity index (χ0v) is 14.4. The summed E-state index contributed by atoms with van der Waals surface area (Å²) in [5.41, 5.74) is 1.94. The Morgan fingerprint density at radius 1 is 0.964 bits per heavy atom. The van der Waals surface area contributed by atoms with E-state index in [0.717, 1.165) is 29.2 Å². The van der Waals surface area contributed by atoms with Gasteiger partial charge >= 0.3 is 6.18 Å². The van der Waals surface area contributed by atoms with Crippen molar-refractivity contribution in [2.45, 2.75) is 6.18 Å². The number of nitrogens with one attached hydrogen (secondary N) is 2. The molecular weight excluding hydrogens is 367 g/mol. The third-order valence-electron chi connectivity index (χ3n) is 4.34. The Kier molecular flexibility index (Phi) is 4.35. The molecule has 4 nitrogen and oxygen atoms in total. The normalized spacial score (nSPS) is 11.5. The second kappa shape index (κ2) is 6.84. The minimum absolute atomic E-state index is 0.194. The molecule has 0 aliphatic heterocycles. The minimum Gasteiger partial charge on any atom is -0.361 e. The Morgan fingerprint density at radius 2 is 1.75 bits per heavy atom. The molecular formula is C21H14F3N3O. The lowest BCUT2D eigenvalue weighted by molar-refractivity contribution is -0.137. The third-order valence-corrected chi connectivity index (χ3v) is 4.34. The maximum Gasteiger partial charge on any atom is 0.416 e. The number of amides is 1. The van der Waals surface area contributed by atoms with Crippen LogP contribution >= 0.6 is 0 Å². The molecule has 7 heteroatoms. The summed E-state index contributed by atoms with van der Waals surface area (Å²) in [4.78, 5) is 19.5. The first-order valence-electron chi connectivity index (χ1n) is 8.42. The van der Waals surface area contributed by atoms with E-state index in [4.69, 9.17) is 0 Å². The predicted molar refractivity (Wildman–Crippen MR) is 101 cm³/mol. The SMILES string of the molecule is O=C(Nc1ccc2[nH]ccc2c1)c1ccc(-c2cc(C(F)(F)F)ccn2)cc1. The van der Waals surface area contributed by atoms with E-state index in [2.05, 4.69) is 15.3 Å². The van der Waals surface area contributed by atoms with Gasteiger partial charge in [-0.15, -0.1) is 0 Å². The van der Waals surface area contributed by atoms with Gasteiger partial charge in [0.05, 0.1) is 11.3 Å². The lowest BCUT2D eigenvalue weighted by atomic mass is 10.1. The Labute approximate surface area is 158 Å². The summed E-state index contributed by atoms with van der Waals surface area (Å²) in [6.45, 7) is 0. The van der Waals surface area contributed by atoms with Crippen molar-refractivity contribution in [3.8, 4) is 11.3 Å². The van der Waals surface area contributed by atoms with Crippen molar-refractivity contribution in [3.05, 3.63) is 84.2 Å². The second-order valence-electron chi connectivity index (χ2n) is 6.24. The molecule has 0 fully saturated rings. The zero-order chi connectivity index (χ0) is 19.7. The molecule has 2 aromatic heterocycles. The van der Waals surface area contributed by atoms with Gasteiger partial charge in [-0.1, -0.05) is 12.1 Å². The van der Waals surface area contributed by atoms with Crippen molar-refractivity contribution < 1.29 is 18.0 Å². The number of benzene rings is 2. The fourth-order valence-electron chi connectivity index (χ4n) is 2.89. The van der Waals surface area contributed by atoms with Crippen LogP contribution in [0.2, 0.25) is 0 Å². The molecule has 2 aromatic carbocycles. The Bertz CT molecular complexity index is 1150. The first kappa shape index (κ1) is 17.8. The molecule has 4 rings (SSSR count). The molecule has 0 radical (unpaired) electrons. The molecule has 0 saturated heterocycles. The molecule has 2 heterocycles. The predicted octanol–water partition coefficient (Wildman–Crippen LogP) is 5.50. The number of aromatic nitrogens is 2. The van der Waals surface area contributed by atoms with Crippen molar-refractivity contribution in [2.75, 3.05) is 5.32 Å². The molecule has 140 valence electrons. The number of carbonyl (C=O) groups excluding carboxylic acids is 1. The van der Waals surface area contributed by atoms with Crippen LogP contribution in [0.5, 0.6) is 0 Å². The fraction of sp³-hybridized carbons (Fsp3) is 0.0476. The van der Waals surface area contributed by atoms with E-state index >= 15 is 0 Å². The van der Waals surface area contributed by atoms with Crippen LogP contribution in [0, 0.1) is 0 Å². The molecule has 0 saturated carbocycles. The van der Waals surface area contributed by atoms with Gasteiger partial charge in [0.15, 0.2) is 0 Å². The maximum absolute atomic E-state index is 12.9. The van der Waals surface area contributed by atoms with E-state index in [9.17, 15) is 18.0 Å². The molecule has 1 amide bonds. The summed E-state index contributed by atoms with van der Waals surface area (Å²) in [5.74, 6) is -0.307. The summed E-state index contributed by atoms with van der Waals surface area (Å²) in [6.07, 6.45) is -1.50. The van der Waals surface area contributed by atoms with Crippen LogP contribution in [0.1, 0.15) is 15.9 Å². The van der Waals surface area contributed by atoms with Gasteiger partial charge in [0.2, 0.25) is 0 Å². The molecule has 2 N–H and O–H groups in total. The second-order valence-corrected chi connectivity index (χ2v) is 6.24. The van der Waals surface area contributed by atoms with E-state index < -0.39 is 11.7 Å². The van der Waals surface area contributed by atoms with Crippen LogP contribution in [-0.2, 0) is 6.18 Å². The topological polar surface area (TPSA) is 57.8 Å². The summed E-state index contributed by atoms with van der Waals surface area (Å²) in [6, 6.07) is 15.6. The van der Waals surface area contributed by atoms with Crippen LogP contribution in [0.25, 0.3) is 22.2 Å². The highest BCUT2D eigenvalue weighted by Gasteiger charge is 2.30. The lowest BCUT2D eigenvalue weighted by Gasteiger charge is -2.09. The van der Waals surface area contributed by atoms with Gasteiger partial charge in [-0.3, -0.25) is 9.78 Å². The largest absolute Gasteiger partial charge is 0.416 e. The number of fused-ring (bicyclic) bond motifs is 1. The average molecular weight is 381 g/mol. The number of aromatic amines is 1. The number of pyridine rings is 1. The van der Waals surface area contributed by atoms with E-state index in [1.807, 2.05) is 24.4 Å². The molecule has 0 spiro atoms. The molecule has 0 bridgehead atoms. The number of halogens is 3. The van der Waals surface area contributed by atoms with E-state index in [1.54, 1.807) is 30.3 Å². The smallest absolute Gasteiger partial charge is 0.361 e. The molecule has 28 heavy (non-hydrogen) atoms. The van der Waals surface area contributed by atoms with Gasteiger partial charge in [0, 0.05) is 40.1 Å². The van der Waals surface area contributed by atoms with E-state index in [1.165, 1.54) is 0 Å². The van der Waals surface area contributed by atoms with Gasteiger partial charge in [-0.25, -0.2) is 0 Å². The van der Waals surface area contributed by atoms with Gasteiger partial charge in [-0.05, 0) is 48.5 Å². The lowest BCUT2D eigenvalue weighted by Crippen LogP contribution is -2.11. The van der Waals surface area contributed by atoms with Crippen LogP contribution < -0.4 is 5.32 Å². The van der Waals surface area contributed by atoms with Crippen molar-refractivity contribution in [1.29, 1.82) is 0 Å². The van der Waals surface area contributed by atoms with Crippen molar-refractivity contribution in [2.24, 2.45) is 0 Å².